The van der Waals surface area contributed by atoms with Gasteiger partial charge in [0.05, 0.1) is 0 Å². The minimum atomic E-state index is -0.00796. The Morgan fingerprint density at radius 3 is 2.47 bits per heavy atom. The van der Waals surface area contributed by atoms with Crippen LogP contribution in [0, 0.1) is 0 Å². The Hall–Kier alpha value is -1.06. The molecule has 1 atom stereocenters. The fourth-order valence-corrected chi connectivity index (χ4v) is 2.37. The van der Waals surface area contributed by atoms with Gasteiger partial charge >= 0.3 is 0 Å². The van der Waals surface area contributed by atoms with E-state index in [9.17, 15) is 0 Å². The Bertz CT molecular complexity index is 529. The number of benzene rings is 2. The molecule has 1 unspecified atom stereocenters. The maximum absolute atomic E-state index is 6.20. The van der Waals surface area contributed by atoms with Crippen molar-refractivity contribution in [2.24, 2.45) is 5.73 Å². The van der Waals surface area contributed by atoms with Crippen LogP contribution in [0.25, 0.3) is 0 Å². The molecule has 3 N–H and O–H groups in total. The second kappa shape index (κ2) is 6.92. The summed E-state index contributed by atoms with van der Waals surface area (Å²) in [5.74, 6) is 0. The zero-order chi connectivity index (χ0) is 13.7. The second-order valence-corrected chi connectivity index (χ2v) is 5.16. The van der Waals surface area contributed by atoms with Gasteiger partial charge in [0.1, 0.15) is 0 Å². The van der Waals surface area contributed by atoms with E-state index in [1.54, 1.807) is 12.1 Å². The average molecular weight is 295 g/mol. The minimum absolute atomic E-state index is 0.00796. The highest BCUT2D eigenvalue weighted by Gasteiger charge is 2.13. The van der Waals surface area contributed by atoms with E-state index in [1.807, 2.05) is 24.3 Å². The lowest BCUT2D eigenvalue weighted by molar-refractivity contribution is 0.542. The van der Waals surface area contributed by atoms with Gasteiger partial charge in [-0.2, -0.15) is 0 Å². The van der Waals surface area contributed by atoms with Crippen LogP contribution in [-0.2, 0) is 6.54 Å². The van der Waals surface area contributed by atoms with Crippen LogP contribution in [-0.4, -0.2) is 6.54 Å². The number of hydrogen-bond acceptors (Lipinski definition) is 2. The van der Waals surface area contributed by atoms with Gasteiger partial charge in [0.25, 0.3) is 0 Å². The van der Waals surface area contributed by atoms with Crippen LogP contribution >= 0.6 is 23.2 Å². The molecule has 0 radical (unpaired) electrons. The van der Waals surface area contributed by atoms with E-state index in [-0.39, 0.29) is 6.04 Å². The summed E-state index contributed by atoms with van der Waals surface area (Å²) in [6.07, 6.45) is 0. The topological polar surface area (TPSA) is 38.0 Å². The van der Waals surface area contributed by atoms with Gasteiger partial charge in [-0.05, 0) is 29.3 Å². The Morgan fingerprint density at radius 1 is 1.05 bits per heavy atom. The molecule has 0 saturated heterocycles. The van der Waals surface area contributed by atoms with Crippen LogP contribution < -0.4 is 11.1 Å². The van der Waals surface area contributed by atoms with E-state index in [2.05, 4.69) is 17.4 Å². The predicted octanol–water partition coefficient (Wildman–Crippen LogP) is 3.78. The second-order valence-electron chi connectivity index (χ2n) is 4.32. The zero-order valence-corrected chi connectivity index (χ0v) is 12.0. The van der Waals surface area contributed by atoms with Gasteiger partial charge < -0.3 is 11.1 Å². The third kappa shape index (κ3) is 3.95. The summed E-state index contributed by atoms with van der Waals surface area (Å²) in [6, 6.07) is 15.6. The van der Waals surface area contributed by atoms with Gasteiger partial charge in [-0.15, -0.1) is 0 Å². The molecule has 0 spiro atoms. The summed E-state index contributed by atoms with van der Waals surface area (Å²) in [5, 5.41) is 4.75. The zero-order valence-electron chi connectivity index (χ0n) is 10.4. The first-order chi connectivity index (χ1) is 9.20. The molecule has 0 fully saturated rings. The molecule has 2 aromatic carbocycles. The Kier molecular flexibility index (Phi) is 5.23. The van der Waals surface area contributed by atoms with Crippen LogP contribution in [0.15, 0.2) is 48.5 Å². The molecule has 2 aromatic rings. The van der Waals surface area contributed by atoms with Crippen molar-refractivity contribution in [2.75, 3.05) is 6.54 Å². The normalized spacial score (nSPS) is 12.4. The highest BCUT2D eigenvalue weighted by atomic mass is 35.5. The first-order valence-corrected chi connectivity index (χ1v) is 6.88. The lowest BCUT2D eigenvalue weighted by Crippen LogP contribution is -2.28. The molecule has 0 aromatic heterocycles. The standard InChI is InChI=1S/C15H16Cl2N2/c16-12-6-7-14(17)13(8-12)15(9-18)19-10-11-4-2-1-3-5-11/h1-8,15,19H,9-10,18H2. The molecule has 0 saturated carbocycles. The van der Waals surface area contributed by atoms with Crippen molar-refractivity contribution in [2.45, 2.75) is 12.6 Å². The van der Waals surface area contributed by atoms with E-state index >= 15 is 0 Å². The van der Waals surface area contributed by atoms with Crippen molar-refractivity contribution in [3.8, 4) is 0 Å². The molecule has 0 aliphatic rings. The number of rotatable bonds is 5. The molecule has 0 aliphatic carbocycles. The third-order valence-corrected chi connectivity index (χ3v) is 3.54. The van der Waals surface area contributed by atoms with Crippen molar-refractivity contribution in [1.29, 1.82) is 0 Å². The van der Waals surface area contributed by atoms with Crippen molar-refractivity contribution in [3.05, 3.63) is 69.7 Å². The van der Waals surface area contributed by atoms with Gasteiger partial charge in [-0.1, -0.05) is 53.5 Å². The minimum Gasteiger partial charge on any atom is -0.329 e. The quantitative estimate of drug-likeness (QED) is 0.881. The van der Waals surface area contributed by atoms with Crippen LogP contribution in [0.3, 0.4) is 0 Å². The number of hydrogen-bond donors (Lipinski definition) is 2. The van der Waals surface area contributed by atoms with E-state index in [1.165, 1.54) is 5.56 Å². The van der Waals surface area contributed by atoms with Gasteiger partial charge in [0.15, 0.2) is 0 Å². The summed E-state index contributed by atoms with van der Waals surface area (Å²) in [5.41, 5.74) is 7.97. The molecule has 0 heterocycles. The molecule has 0 amide bonds. The molecule has 0 aliphatic heterocycles. The molecule has 100 valence electrons. The van der Waals surface area contributed by atoms with E-state index < -0.39 is 0 Å². The Morgan fingerprint density at radius 2 is 1.79 bits per heavy atom. The monoisotopic (exact) mass is 294 g/mol. The average Bonchev–Trinajstić information content (AvgIpc) is 2.44. The van der Waals surface area contributed by atoms with Crippen LogP contribution in [0.4, 0.5) is 0 Å². The van der Waals surface area contributed by atoms with Crippen LogP contribution in [0.2, 0.25) is 10.0 Å². The van der Waals surface area contributed by atoms with Crippen molar-refractivity contribution in [3.63, 3.8) is 0 Å². The van der Waals surface area contributed by atoms with Crippen LogP contribution in [0.5, 0.6) is 0 Å². The fourth-order valence-electron chi connectivity index (χ4n) is 1.94. The predicted molar refractivity (Wildman–Crippen MR) is 81.5 cm³/mol. The maximum atomic E-state index is 6.20. The Labute approximate surface area is 123 Å². The molecule has 2 rings (SSSR count). The first-order valence-electron chi connectivity index (χ1n) is 6.13. The summed E-state index contributed by atoms with van der Waals surface area (Å²) >= 11 is 12.2. The lowest BCUT2D eigenvalue weighted by atomic mass is 10.1. The number of nitrogens with one attached hydrogen (secondary N) is 1. The molecular formula is C15H16Cl2N2. The largest absolute Gasteiger partial charge is 0.329 e. The van der Waals surface area contributed by atoms with Gasteiger partial charge in [-0.3, -0.25) is 0 Å². The molecule has 2 nitrogen and oxygen atoms in total. The summed E-state index contributed by atoms with van der Waals surface area (Å²) < 4.78 is 0. The van der Waals surface area contributed by atoms with Crippen molar-refractivity contribution >= 4 is 23.2 Å². The number of halogens is 2. The highest BCUT2D eigenvalue weighted by molar-refractivity contribution is 6.33. The smallest absolute Gasteiger partial charge is 0.0462 e. The maximum Gasteiger partial charge on any atom is 0.0462 e. The van der Waals surface area contributed by atoms with E-state index in [0.29, 0.717) is 16.6 Å². The molecule has 0 bridgehead atoms. The Balaban J connectivity index is 2.10. The summed E-state index contributed by atoms with van der Waals surface area (Å²) in [4.78, 5) is 0. The fraction of sp³-hybridized carbons (Fsp3) is 0.200. The van der Waals surface area contributed by atoms with Crippen LogP contribution in [0.1, 0.15) is 17.2 Å². The van der Waals surface area contributed by atoms with E-state index in [0.717, 1.165) is 12.1 Å². The van der Waals surface area contributed by atoms with Gasteiger partial charge in [0, 0.05) is 29.2 Å². The third-order valence-electron chi connectivity index (χ3n) is 2.96. The summed E-state index contributed by atoms with van der Waals surface area (Å²) in [7, 11) is 0. The van der Waals surface area contributed by atoms with Crippen molar-refractivity contribution < 1.29 is 0 Å². The van der Waals surface area contributed by atoms with Gasteiger partial charge in [0.2, 0.25) is 0 Å². The molecule has 4 heteroatoms. The highest BCUT2D eigenvalue weighted by Crippen LogP contribution is 2.26. The lowest BCUT2D eigenvalue weighted by Gasteiger charge is -2.19. The number of nitrogens with two attached hydrogens (primary N) is 1. The SMILES string of the molecule is NCC(NCc1ccccc1)c1cc(Cl)ccc1Cl. The molecule has 19 heavy (non-hydrogen) atoms. The van der Waals surface area contributed by atoms with Crippen molar-refractivity contribution in [1.82, 2.24) is 5.32 Å². The summed E-state index contributed by atoms with van der Waals surface area (Å²) in [6.45, 7) is 1.21. The first kappa shape index (κ1) is 14.4. The van der Waals surface area contributed by atoms with E-state index in [4.69, 9.17) is 28.9 Å². The molecular weight excluding hydrogens is 279 g/mol. The van der Waals surface area contributed by atoms with Gasteiger partial charge in [-0.25, -0.2) is 0 Å².